The predicted octanol–water partition coefficient (Wildman–Crippen LogP) is 2.41. The summed E-state index contributed by atoms with van der Waals surface area (Å²) in [5, 5.41) is 0. The van der Waals surface area contributed by atoms with Crippen molar-refractivity contribution in [3.8, 4) is 0 Å². The van der Waals surface area contributed by atoms with Gasteiger partial charge in [0.2, 0.25) is 0 Å². The molecule has 2 nitrogen and oxygen atoms in total. The number of ether oxygens (including phenoxy) is 1. The molecule has 54 valence electrons. The number of hydrogen-bond acceptors (Lipinski definition) is 2. The lowest BCUT2D eigenvalue weighted by Crippen LogP contribution is -2.05. The lowest BCUT2D eigenvalue weighted by Gasteiger charge is -2.05. The molecule has 0 spiro atoms. The van der Waals surface area contributed by atoms with Gasteiger partial charge in [0.15, 0.2) is 0 Å². The average Bonchev–Trinajstić information content (AvgIpc) is 1.83. The van der Waals surface area contributed by atoms with E-state index in [2.05, 4.69) is 4.74 Å². The fourth-order valence-corrected chi connectivity index (χ4v) is 0.389. The van der Waals surface area contributed by atoms with E-state index in [0.717, 1.165) is 6.42 Å². The molecule has 0 rings (SSSR count). The minimum absolute atomic E-state index is 0.410. The summed E-state index contributed by atoms with van der Waals surface area (Å²) in [7, 11) is 0. The first-order chi connectivity index (χ1) is 4.16. The monoisotopic (exact) mass is 150 g/mol. The molecule has 3 heteroatoms. The van der Waals surface area contributed by atoms with Crippen LogP contribution in [0.1, 0.15) is 20.3 Å². The van der Waals surface area contributed by atoms with Crippen LogP contribution in [0.4, 0.5) is 4.79 Å². The van der Waals surface area contributed by atoms with Gasteiger partial charge in [-0.2, -0.15) is 0 Å². The van der Waals surface area contributed by atoms with E-state index in [4.69, 9.17) is 11.6 Å². The van der Waals surface area contributed by atoms with Gasteiger partial charge in [-0.15, -0.1) is 0 Å². The molecule has 0 aromatic heterocycles. The highest BCUT2D eigenvalue weighted by atomic mass is 35.5. The van der Waals surface area contributed by atoms with Crippen molar-refractivity contribution in [3.63, 3.8) is 0 Å². The Morgan fingerprint density at radius 1 is 1.78 bits per heavy atom. The van der Waals surface area contributed by atoms with Gasteiger partial charge in [-0.3, -0.25) is 0 Å². The van der Waals surface area contributed by atoms with Crippen LogP contribution in [-0.4, -0.2) is 12.0 Å². The fourth-order valence-electron chi connectivity index (χ4n) is 0.326. The van der Waals surface area contributed by atoms with Crippen LogP contribution in [-0.2, 0) is 4.74 Å². The maximum Gasteiger partial charge on any atom is 0.403 e. The summed E-state index contributed by atoms with van der Waals surface area (Å²) >= 11 is 4.92. The smallest absolute Gasteiger partial charge is 0.403 e. The van der Waals surface area contributed by atoms with Gasteiger partial charge in [-0.25, -0.2) is 4.79 Å². The van der Waals surface area contributed by atoms with Gasteiger partial charge in [-0.05, 0) is 5.92 Å². The highest BCUT2D eigenvalue weighted by Crippen LogP contribution is 2.01. The fraction of sp³-hybridized carbons (Fsp3) is 0.833. The summed E-state index contributed by atoms with van der Waals surface area (Å²) in [6.45, 7) is 4.46. The number of hydrogen-bond donors (Lipinski definition) is 0. The van der Waals surface area contributed by atoms with Gasteiger partial charge in [-0.1, -0.05) is 20.3 Å². The highest BCUT2D eigenvalue weighted by Gasteiger charge is 2.00. The molecule has 0 saturated heterocycles. The van der Waals surface area contributed by atoms with E-state index in [9.17, 15) is 4.79 Å². The number of rotatable bonds is 3. The standard InChI is InChI=1S/C6H11ClO2/c1-3-5(2)4-9-6(7)8/h5H,3-4H2,1-2H3. The number of halogens is 1. The van der Waals surface area contributed by atoms with Gasteiger partial charge in [0.1, 0.15) is 0 Å². The molecule has 0 bridgehead atoms. The molecular weight excluding hydrogens is 140 g/mol. The van der Waals surface area contributed by atoms with Crippen LogP contribution in [0, 0.1) is 5.92 Å². The third kappa shape index (κ3) is 5.63. The summed E-state index contributed by atoms with van der Waals surface area (Å²) in [5.74, 6) is 0.410. The summed E-state index contributed by atoms with van der Waals surface area (Å²) in [6.07, 6.45) is 1.00. The van der Waals surface area contributed by atoms with Crippen LogP contribution >= 0.6 is 11.6 Å². The minimum Gasteiger partial charge on any atom is -0.453 e. The summed E-state index contributed by atoms with van der Waals surface area (Å²) in [6, 6.07) is 0. The van der Waals surface area contributed by atoms with Gasteiger partial charge >= 0.3 is 5.43 Å². The Bertz CT molecular complexity index is 93.1. The molecule has 0 aliphatic rings. The van der Waals surface area contributed by atoms with E-state index in [1.165, 1.54) is 0 Å². The van der Waals surface area contributed by atoms with Gasteiger partial charge in [0.25, 0.3) is 0 Å². The lowest BCUT2D eigenvalue weighted by atomic mass is 10.1. The van der Waals surface area contributed by atoms with Crippen LogP contribution in [0.3, 0.4) is 0 Å². The zero-order chi connectivity index (χ0) is 7.28. The Kier molecular flexibility index (Phi) is 4.50. The SMILES string of the molecule is CCC(C)COC(=O)Cl. The lowest BCUT2D eigenvalue weighted by molar-refractivity contribution is 0.154. The predicted molar refractivity (Wildman–Crippen MR) is 36.7 cm³/mol. The number of carbonyl (C=O) groups excluding carboxylic acids is 1. The van der Waals surface area contributed by atoms with Crippen LogP contribution < -0.4 is 0 Å². The third-order valence-corrected chi connectivity index (χ3v) is 1.29. The molecule has 0 saturated carbocycles. The zero-order valence-corrected chi connectivity index (χ0v) is 6.44. The molecule has 0 N–H and O–H groups in total. The van der Waals surface area contributed by atoms with Crippen LogP contribution in [0.25, 0.3) is 0 Å². The second kappa shape index (κ2) is 4.62. The highest BCUT2D eigenvalue weighted by molar-refractivity contribution is 6.61. The van der Waals surface area contributed by atoms with E-state index >= 15 is 0 Å². The van der Waals surface area contributed by atoms with Gasteiger partial charge < -0.3 is 4.74 Å². The molecule has 0 fully saturated rings. The molecule has 9 heavy (non-hydrogen) atoms. The van der Waals surface area contributed by atoms with Crippen LogP contribution in [0.15, 0.2) is 0 Å². The third-order valence-electron chi connectivity index (χ3n) is 1.18. The summed E-state index contributed by atoms with van der Waals surface area (Å²) in [5.41, 5.74) is -0.713. The van der Waals surface area contributed by atoms with Crippen molar-refractivity contribution >= 4 is 17.0 Å². The maximum absolute atomic E-state index is 10.0. The Labute approximate surface area is 60.1 Å². The Hall–Kier alpha value is -0.240. The molecule has 1 atom stereocenters. The Morgan fingerprint density at radius 2 is 2.33 bits per heavy atom. The van der Waals surface area contributed by atoms with Crippen molar-refractivity contribution in [2.75, 3.05) is 6.61 Å². The average molecular weight is 151 g/mol. The van der Waals surface area contributed by atoms with E-state index in [-0.39, 0.29) is 0 Å². The van der Waals surface area contributed by atoms with Gasteiger partial charge in [0.05, 0.1) is 6.61 Å². The molecular formula is C6H11ClO2. The quantitative estimate of drug-likeness (QED) is 0.578. The summed E-state index contributed by atoms with van der Waals surface area (Å²) < 4.78 is 4.52. The molecule has 0 aliphatic heterocycles. The normalized spacial score (nSPS) is 12.8. The van der Waals surface area contributed by atoms with Gasteiger partial charge in [0, 0.05) is 11.6 Å². The first-order valence-electron chi connectivity index (χ1n) is 2.99. The van der Waals surface area contributed by atoms with E-state index in [1.54, 1.807) is 0 Å². The molecule has 1 unspecified atom stereocenters. The second-order valence-corrected chi connectivity index (χ2v) is 2.37. The van der Waals surface area contributed by atoms with Crippen molar-refractivity contribution in [1.82, 2.24) is 0 Å². The molecule has 0 amide bonds. The van der Waals surface area contributed by atoms with Crippen LogP contribution in [0.2, 0.25) is 0 Å². The topological polar surface area (TPSA) is 26.3 Å². The van der Waals surface area contributed by atoms with Crippen molar-refractivity contribution < 1.29 is 9.53 Å². The Morgan fingerprint density at radius 3 is 2.67 bits per heavy atom. The second-order valence-electron chi connectivity index (χ2n) is 2.06. The maximum atomic E-state index is 10.0. The molecule has 0 heterocycles. The number of carbonyl (C=O) groups is 1. The minimum atomic E-state index is -0.713. The van der Waals surface area contributed by atoms with E-state index < -0.39 is 5.43 Å². The van der Waals surface area contributed by atoms with E-state index in [1.807, 2.05) is 13.8 Å². The molecule has 0 aliphatic carbocycles. The molecule has 0 aromatic carbocycles. The van der Waals surface area contributed by atoms with Crippen LogP contribution in [0.5, 0.6) is 0 Å². The largest absolute Gasteiger partial charge is 0.453 e. The molecule has 0 radical (unpaired) electrons. The van der Waals surface area contributed by atoms with E-state index in [0.29, 0.717) is 12.5 Å². The van der Waals surface area contributed by atoms with Crippen molar-refractivity contribution in [1.29, 1.82) is 0 Å². The van der Waals surface area contributed by atoms with Crippen molar-refractivity contribution in [3.05, 3.63) is 0 Å². The first-order valence-corrected chi connectivity index (χ1v) is 3.36. The molecule has 0 aromatic rings. The first kappa shape index (κ1) is 8.76. The van der Waals surface area contributed by atoms with Crippen molar-refractivity contribution in [2.24, 2.45) is 5.92 Å². The zero-order valence-electron chi connectivity index (χ0n) is 5.69. The summed E-state index contributed by atoms with van der Waals surface area (Å²) in [4.78, 5) is 10.0. The van der Waals surface area contributed by atoms with Crippen molar-refractivity contribution in [2.45, 2.75) is 20.3 Å². The Balaban J connectivity index is 3.16.